The number of aliphatic imine (C=N–C) groups is 1. The number of aryl methyl sites for hydroxylation is 1. The van der Waals surface area contributed by atoms with Crippen molar-refractivity contribution in [2.75, 3.05) is 11.4 Å². The molecule has 2 aromatic rings. The molecule has 0 spiro atoms. The fourth-order valence-corrected chi connectivity index (χ4v) is 2.87. The number of nitrogens with zero attached hydrogens (tertiary/aromatic N) is 2. The van der Waals surface area contributed by atoms with Gasteiger partial charge in [-0.2, -0.15) is 0 Å². The number of benzene rings is 2. The molecule has 0 saturated carbocycles. The van der Waals surface area contributed by atoms with Crippen LogP contribution in [0, 0.1) is 0 Å². The Morgan fingerprint density at radius 2 is 1.90 bits per heavy atom. The van der Waals surface area contributed by atoms with Crippen molar-refractivity contribution in [1.29, 1.82) is 0 Å². The van der Waals surface area contributed by atoms with Gasteiger partial charge in [0.25, 0.3) is 0 Å². The molecule has 0 amide bonds. The summed E-state index contributed by atoms with van der Waals surface area (Å²) in [7, 11) is 0. The number of fused-ring (bicyclic) bond motifs is 1. The highest BCUT2D eigenvalue weighted by Crippen LogP contribution is 2.32. The van der Waals surface area contributed by atoms with Crippen molar-refractivity contribution < 1.29 is 0 Å². The van der Waals surface area contributed by atoms with E-state index < -0.39 is 0 Å². The van der Waals surface area contributed by atoms with Crippen LogP contribution in [0.2, 0.25) is 10.0 Å². The van der Waals surface area contributed by atoms with Crippen molar-refractivity contribution in [3.8, 4) is 0 Å². The molecule has 0 unspecified atom stereocenters. The van der Waals surface area contributed by atoms with Crippen LogP contribution in [0.15, 0.2) is 47.5 Å². The largest absolute Gasteiger partial charge is 0.369 e. The first-order chi connectivity index (χ1) is 10.2. The summed E-state index contributed by atoms with van der Waals surface area (Å²) in [6.45, 7) is 0.852. The summed E-state index contributed by atoms with van der Waals surface area (Å²) in [6.07, 6.45) is 2.12. The first kappa shape index (κ1) is 14.2. The molecule has 1 aliphatic heterocycles. The van der Waals surface area contributed by atoms with Gasteiger partial charge in [0, 0.05) is 12.2 Å². The number of para-hydroxylation sites is 1. The van der Waals surface area contributed by atoms with Crippen LogP contribution in [0.4, 0.5) is 11.4 Å². The van der Waals surface area contributed by atoms with Gasteiger partial charge in [0.2, 0.25) is 5.96 Å². The molecular weight excluding hydrogens is 305 g/mol. The molecule has 1 aliphatic rings. The summed E-state index contributed by atoms with van der Waals surface area (Å²) in [5.41, 5.74) is 9.18. The van der Waals surface area contributed by atoms with Crippen LogP contribution >= 0.6 is 23.2 Å². The Hall–Kier alpha value is -1.71. The molecule has 21 heavy (non-hydrogen) atoms. The van der Waals surface area contributed by atoms with Crippen LogP contribution < -0.4 is 10.6 Å². The quantitative estimate of drug-likeness (QED) is 0.625. The van der Waals surface area contributed by atoms with Gasteiger partial charge in [-0.15, -0.1) is 0 Å². The van der Waals surface area contributed by atoms with Crippen LogP contribution in [-0.2, 0) is 6.42 Å². The van der Waals surface area contributed by atoms with Crippen LogP contribution in [0.25, 0.3) is 0 Å². The van der Waals surface area contributed by atoms with Crippen molar-refractivity contribution in [2.45, 2.75) is 12.8 Å². The van der Waals surface area contributed by atoms with E-state index in [0.29, 0.717) is 21.7 Å². The van der Waals surface area contributed by atoms with Gasteiger partial charge in [-0.05, 0) is 36.6 Å². The van der Waals surface area contributed by atoms with Gasteiger partial charge >= 0.3 is 0 Å². The molecule has 0 fully saturated rings. The number of halogens is 2. The Morgan fingerprint density at radius 1 is 1.10 bits per heavy atom. The van der Waals surface area contributed by atoms with Gasteiger partial charge in [0.05, 0.1) is 15.7 Å². The second-order valence-corrected chi connectivity index (χ2v) is 5.71. The van der Waals surface area contributed by atoms with Crippen LogP contribution in [0.5, 0.6) is 0 Å². The van der Waals surface area contributed by atoms with E-state index in [4.69, 9.17) is 28.9 Å². The third-order valence-electron chi connectivity index (χ3n) is 3.55. The fraction of sp³-hybridized carbons (Fsp3) is 0.188. The van der Waals surface area contributed by atoms with Crippen molar-refractivity contribution in [3.63, 3.8) is 0 Å². The number of hydrogen-bond acceptors (Lipinski definition) is 1. The number of guanidine groups is 1. The topological polar surface area (TPSA) is 41.6 Å². The third kappa shape index (κ3) is 2.85. The minimum Gasteiger partial charge on any atom is -0.369 e. The van der Waals surface area contributed by atoms with Crippen molar-refractivity contribution >= 4 is 40.5 Å². The van der Waals surface area contributed by atoms with E-state index >= 15 is 0 Å². The molecular formula is C16H15Cl2N3. The molecule has 3 nitrogen and oxygen atoms in total. The van der Waals surface area contributed by atoms with Crippen molar-refractivity contribution in [2.24, 2.45) is 10.7 Å². The molecule has 3 rings (SSSR count). The molecule has 0 bridgehead atoms. The zero-order valence-electron chi connectivity index (χ0n) is 11.4. The molecule has 108 valence electrons. The lowest BCUT2D eigenvalue weighted by Gasteiger charge is -2.30. The van der Waals surface area contributed by atoms with E-state index in [9.17, 15) is 0 Å². The molecule has 1 heterocycles. The van der Waals surface area contributed by atoms with Crippen LogP contribution in [0.3, 0.4) is 0 Å². The molecule has 0 atom stereocenters. The van der Waals surface area contributed by atoms with Crippen molar-refractivity contribution in [1.82, 2.24) is 0 Å². The number of hydrogen-bond donors (Lipinski definition) is 1. The smallest absolute Gasteiger partial charge is 0.201 e. The first-order valence-corrected chi connectivity index (χ1v) is 7.56. The van der Waals surface area contributed by atoms with E-state index in [1.54, 1.807) is 12.1 Å². The van der Waals surface area contributed by atoms with Gasteiger partial charge in [-0.25, -0.2) is 4.99 Å². The second kappa shape index (κ2) is 5.96. The van der Waals surface area contributed by atoms with E-state index in [1.807, 2.05) is 23.1 Å². The molecule has 2 N–H and O–H groups in total. The van der Waals surface area contributed by atoms with Gasteiger partial charge < -0.3 is 10.6 Å². The molecule has 0 radical (unpaired) electrons. The highest BCUT2D eigenvalue weighted by atomic mass is 35.5. The zero-order chi connectivity index (χ0) is 14.8. The highest BCUT2D eigenvalue weighted by Gasteiger charge is 2.19. The number of rotatable bonds is 1. The summed E-state index contributed by atoms with van der Waals surface area (Å²) >= 11 is 12.2. The monoisotopic (exact) mass is 319 g/mol. The Morgan fingerprint density at radius 3 is 2.76 bits per heavy atom. The fourth-order valence-electron chi connectivity index (χ4n) is 2.53. The third-order valence-corrected chi connectivity index (χ3v) is 4.36. The van der Waals surface area contributed by atoms with E-state index in [-0.39, 0.29) is 0 Å². The lowest BCUT2D eigenvalue weighted by Crippen LogP contribution is -2.40. The Labute approximate surface area is 134 Å². The Kier molecular flexibility index (Phi) is 4.04. The maximum Gasteiger partial charge on any atom is 0.201 e. The second-order valence-electron chi connectivity index (χ2n) is 4.93. The molecule has 0 aromatic heterocycles. The first-order valence-electron chi connectivity index (χ1n) is 6.80. The Balaban J connectivity index is 1.98. The van der Waals surface area contributed by atoms with E-state index in [2.05, 4.69) is 17.1 Å². The summed E-state index contributed by atoms with van der Waals surface area (Å²) < 4.78 is 0. The van der Waals surface area contributed by atoms with Gasteiger partial charge in [-0.1, -0.05) is 47.5 Å². The zero-order valence-corrected chi connectivity index (χ0v) is 12.9. The lowest BCUT2D eigenvalue weighted by molar-refractivity contribution is 0.775. The maximum absolute atomic E-state index is 6.19. The SMILES string of the molecule is NC(=Nc1cccc(Cl)c1Cl)N1CCCc2ccccc21. The molecule has 5 heteroatoms. The predicted octanol–water partition coefficient (Wildman–Crippen LogP) is 4.39. The average Bonchev–Trinajstić information content (AvgIpc) is 2.51. The predicted molar refractivity (Wildman–Crippen MR) is 89.9 cm³/mol. The van der Waals surface area contributed by atoms with Gasteiger partial charge in [0.1, 0.15) is 0 Å². The van der Waals surface area contributed by atoms with Crippen molar-refractivity contribution in [3.05, 3.63) is 58.1 Å². The normalized spacial score (nSPS) is 15.0. The summed E-state index contributed by atoms with van der Waals surface area (Å²) in [6, 6.07) is 13.6. The summed E-state index contributed by atoms with van der Waals surface area (Å²) in [4.78, 5) is 6.47. The number of anilines is 1. The molecule has 0 saturated heterocycles. The minimum atomic E-state index is 0.424. The highest BCUT2D eigenvalue weighted by molar-refractivity contribution is 6.43. The number of nitrogens with two attached hydrogens (primary N) is 1. The maximum atomic E-state index is 6.19. The van der Waals surface area contributed by atoms with Gasteiger partial charge in [0.15, 0.2) is 0 Å². The summed E-state index contributed by atoms with van der Waals surface area (Å²) in [5, 5.41) is 0.900. The van der Waals surface area contributed by atoms with Crippen LogP contribution in [-0.4, -0.2) is 12.5 Å². The Bertz CT molecular complexity index is 698. The standard InChI is InChI=1S/C16H15Cl2N3/c17-12-7-3-8-13(15(12)18)20-16(19)21-10-4-6-11-5-1-2-9-14(11)21/h1-3,5,7-9H,4,6,10H2,(H2,19,20). The van der Waals surface area contributed by atoms with Gasteiger partial charge in [-0.3, -0.25) is 0 Å². The average molecular weight is 320 g/mol. The van der Waals surface area contributed by atoms with E-state index in [1.165, 1.54) is 5.56 Å². The van der Waals surface area contributed by atoms with Crippen LogP contribution in [0.1, 0.15) is 12.0 Å². The lowest BCUT2D eigenvalue weighted by atomic mass is 10.0. The molecule has 2 aromatic carbocycles. The summed E-state index contributed by atoms with van der Waals surface area (Å²) in [5.74, 6) is 0.436. The van der Waals surface area contributed by atoms with E-state index in [0.717, 1.165) is 25.1 Å². The molecule has 0 aliphatic carbocycles. The minimum absolute atomic E-state index is 0.424.